The number of hydrogen-bond acceptors (Lipinski definition) is 4. The molecule has 4 aliphatic rings. The number of carboxylic acid groups (broad SMARTS) is 1. The molecule has 4 saturated carbocycles. The summed E-state index contributed by atoms with van der Waals surface area (Å²) in [6.45, 7) is 2.54. The maximum Gasteiger partial charge on any atom is 0.335 e. The summed E-state index contributed by atoms with van der Waals surface area (Å²) in [6.07, 6.45) is 8.84. The van der Waals surface area contributed by atoms with Crippen LogP contribution in [0.15, 0.2) is 48.5 Å². The van der Waals surface area contributed by atoms with Crippen molar-refractivity contribution in [2.45, 2.75) is 51.9 Å². The number of esters is 1. The predicted molar refractivity (Wildman–Crippen MR) is 137 cm³/mol. The normalized spacial score (nSPS) is 26.5. The van der Waals surface area contributed by atoms with Crippen molar-refractivity contribution in [3.63, 3.8) is 0 Å². The van der Waals surface area contributed by atoms with Gasteiger partial charge in [-0.15, -0.1) is 0 Å². The van der Waals surface area contributed by atoms with Crippen molar-refractivity contribution >= 4 is 11.9 Å². The van der Waals surface area contributed by atoms with Crippen LogP contribution in [0.4, 0.5) is 0 Å². The van der Waals surface area contributed by atoms with Gasteiger partial charge in [-0.1, -0.05) is 24.0 Å². The molecule has 5 nitrogen and oxygen atoms in total. The number of carbonyl (C=O) groups is 2. The highest BCUT2D eigenvalue weighted by atomic mass is 16.5. The van der Waals surface area contributed by atoms with Gasteiger partial charge < -0.3 is 14.6 Å². The molecule has 4 fully saturated rings. The molecule has 0 amide bonds. The number of carbonyl (C=O) groups excluding carboxylic acids is 1. The molecule has 0 aromatic heterocycles. The van der Waals surface area contributed by atoms with E-state index >= 15 is 0 Å². The molecule has 0 heterocycles. The van der Waals surface area contributed by atoms with Gasteiger partial charge in [-0.2, -0.15) is 0 Å². The molecule has 0 saturated heterocycles. The Labute approximate surface area is 213 Å². The number of aromatic carboxylic acids is 1. The first-order chi connectivity index (χ1) is 17.4. The molecule has 2 aromatic rings. The molecule has 188 valence electrons. The third-order valence-electron chi connectivity index (χ3n) is 8.52. The molecule has 4 aliphatic carbocycles. The summed E-state index contributed by atoms with van der Waals surface area (Å²) in [6, 6.07) is 14.3. The van der Waals surface area contributed by atoms with Crippen LogP contribution in [0.1, 0.15) is 73.4 Å². The monoisotopic (exact) mass is 486 g/mol. The molecule has 0 aliphatic heterocycles. The van der Waals surface area contributed by atoms with E-state index < -0.39 is 5.97 Å². The molecule has 1 N–H and O–H groups in total. The standard InChI is InChI=1S/C31H34O5/c1-21(32)36-20-28(31-17-23-14-24(18-31)16-25(15-23)19-31)12-13-35-29-5-3-2-4-26(29)9-6-22-7-10-27(11-8-22)30(33)34/h2-5,7-8,10-11,23-25,28H,12-20H2,1H3,(H,33,34). The lowest BCUT2D eigenvalue weighted by Crippen LogP contribution is -2.51. The summed E-state index contributed by atoms with van der Waals surface area (Å²) in [4.78, 5) is 22.7. The zero-order valence-electron chi connectivity index (χ0n) is 20.9. The number of carboxylic acids is 1. The van der Waals surface area contributed by atoms with Gasteiger partial charge in [-0.3, -0.25) is 4.79 Å². The topological polar surface area (TPSA) is 72.8 Å². The fraction of sp³-hybridized carbons (Fsp3) is 0.484. The lowest BCUT2D eigenvalue weighted by molar-refractivity contribution is -0.149. The van der Waals surface area contributed by atoms with Crippen LogP contribution >= 0.6 is 0 Å². The lowest BCUT2D eigenvalue weighted by atomic mass is 9.46. The molecule has 36 heavy (non-hydrogen) atoms. The number of ether oxygens (including phenoxy) is 2. The van der Waals surface area contributed by atoms with Crippen LogP contribution in [0.25, 0.3) is 0 Å². The van der Waals surface area contributed by atoms with E-state index in [2.05, 4.69) is 11.8 Å². The molecule has 6 rings (SSSR count). The van der Waals surface area contributed by atoms with Crippen molar-refractivity contribution in [1.82, 2.24) is 0 Å². The van der Waals surface area contributed by atoms with Crippen molar-refractivity contribution in [3.8, 4) is 17.6 Å². The second kappa shape index (κ2) is 10.4. The minimum absolute atomic E-state index is 0.206. The van der Waals surface area contributed by atoms with E-state index in [9.17, 15) is 9.59 Å². The van der Waals surface area contributed by atoms with Crippen molar-refractivity contribution in [2.24, 2.45) is 29.1 Å². The zero-order chi connectivity index (χ0) is 25.1. The highest BCUT2D eigenvalue weighted by molar-refractivity contribution is 5.87. The van der Waals surface area contributed by atoms with E-state index in [0.29, 0.717) is 19.1 Å². The predicted octanol–water partition coefficient (Wildman–Crippen LogP) is 5.95. The summed E-state index contributed by atoms with van der Waals surface area (Å²) in [7, 11) is 0. The molecule has 1 atom stereocenters. The van der Waals surface area contributed by atoms with Crippen LogP contribution in [0, 0.1) is 40.9 Å². The number of benzene rings is 2. The Morgan fingerprint density at radius 2 is 1.61 bits per heavy atom. The second-order valence-corrected chi connectivity index (χ2v) is 11.0. The first-order valence-corrected chi connectivity index (χ1v) is 13.1. The highest BCUT2D eigenvalue weighted by Gasteiger charge is 2.54. The average molecular weight is 487 g/mol. The maximum atomic E-state index is 11.7. The summed E-state index contributed by atoms with van der Waals surface area (Å²) < 4.78 is 11.8. The molecule has 2 aromatic carbocycles. The van der Waals surface area contributed by atoms with Crippen molar-refractivity contribution < 1.29 is 24.2 Å². The van der Waals surface area contributed by atoms with Gasteiger partial charge in [-0.05, 0) is 105 Å². The third kappa shape index (κ3) is 5.43. The van der Waals surface area contributed by atoms with Gasteiger partial charge in [0.15, 0.2) is 0 Å². The summed E-state index contributed by atoms with van der Waals surface area (Å²) in [5.74, 6) is 8.72. The number of rotatable bonds is 8. The Balaban J connectivity index is 1.26. The summed E-state index contributed by atoms with van der Waals surface area (Å²) in [5, 5.41) is 9.07. The van der Waals surface area contributed by atoms with Gasteiger partial charge in [0.2, 0.25) is 0 Å². The Morgan fingerprint density at radius 3 is 2.22 bits per heavy atom. The SMILES string of the molecule is CC(=O)OCC(CCOc1ccccc1C#Cc1ccc(C(=O)O)cc1)C12CC3CC(CC(C3)C1)C2. The number of hydrogen-bond donors (Lipinski definition) is 1. The fourth-order valence-corrected chi connectivity index (χ4v) is 7.30. The summed E-state index contributed by atoms with van der Waals surface area (Å²) >= 11 is 0. The Kier molecular flexibility index (Phi) is 7.05. The minimum atomic E-state index is -0.950. The highest BCUT2D eigenvalue weighted by Crippen LogP contribution is 2.63. The molecule has 1 unspecified atom stereocenters. The Bertz CT molecular complexity index is 1130. The molecule has 4 bridgehead atoms. The number of para-hydroxylation sites is 1. The molecule has 0 radical (unpaired) electrons. The van der Waals surface area contributed by atoms with Crippen LogP contribution in [-0.4, -0.2) is 30.3 Å². The van der Waals surface area contributed by atoms with E-state index in [1.165, 1.54) is 45.4 Å². The van der Waals surface area contributed by atoms with Crippen LogP contribution in [-0.2, 0) is 9.53 Å². The second-order valence-electron chi connectivity index (χ2n) is 11.0. The Morgan fingerprint density at radius 1 is 0.972 bits per heavy atom. The van der Waals surface area contributed by atoms with Gasteiger partial charge in [0.25, 0.3) is 0 Å². The largest absolute Gasteiger partial charge is 0.492 e. The van der Waals surface area contributed by atoms with E-state index in [4.69, 9.17) is 14.6 Å². The van der Waals surface area contributed by atoms with Crippen LogP contribution < -0.4 is 4.74 Å². The molecular weight excluding hydrogens is 452 g/mol. The zero-order valence-corrected chi connectivity index (χ0v) is 20.9. The first kappa shape index (κ1) is 24.4. The molecule has 0 spiro atoms. The van der Waals surface area contributed by atoms with E-state index in [1.807, 2.05) is 24.3 Å². The quantitative estimate of drug-likeness (QED) is 0.369. The van der Waals surface area contributed by atoms with Crippen molar-refractivity contribution in [2.75, 3.05) is 13.2 Å². The fourth-order valence-electron chi connectivity index (χ4n) is 7.30. The maximum absolute atomic E-state index is 11.7. The van der Waals surface area contributed by atoms with Gasteiger partial charge in [0, 0.05) is 18.4 Å². The first-order valence-electron chi connectivity index (χ1n) is 13.1. The smallest absolute Gasteiger partial charge is 0.335 e. The third-order valence-corrected chi connectivity index (χ3v) is 8.52. The van der Waals surface area contributed by atoms with Crippen LogP contribution in [0.3, 0.4) is 0 Å². The van der Waals surface area contributed by atoms with Gasteiger partial charge in [0.1, 0.15) is 5.75 Å². The Hall–Kier alpha value is -3.26. The van der Waals surface area contributed by atoms with Crippen LogP contribution in [0.2, 0.25) is 0 Å². The van der Waals surface area contributed by atoms with E-state index in [1.54, 1.807) is 24.3 Å². The lowest BCUT2D eigenvalue weighted by Gasteiger charge is -2.59. The molecule has 5 heteroatoms. The summed E-state index contributed by atoms with van der Waals surface area (Å²) in [5.41, 5.74) is 2.07. The van der Waals surface area contributed by atoms with Gasteiger partial charge in [-0.25, -0.2) is 4.79 Å². The van der Waals surface area contributed by atoms with Gasteiger partial charge >= 0.3 is 11.9 Å². The van der Waals surface area contributed by atoms with Gasteiger partial charge in [0.05, 0.1) is 24.3 Å². The minimum Gasteiger partial charge on any atom is -0.492 e. The average Bonchev–Trinajstić information content (AvgIpc) is 2.84. The van der Waals surface area contributed by atoms with E-state index in [-0.39, 0.29) is 16.9 Å². The molecular formula is C31H34O5. The van der Waals surface area contributed by atoms with Crippen molar-refractivity contribution in [1.29, 1.82) is 0 Å². The van der Waals surface area contributed by atoms with Crippen molar-refractivity contribution in [3.05, 3.63) is 65.2 Å². The van der Waals surface area contributed by atoms with E-state index in [0.717, 1.165) is 41.1 Å². The van der Waals surface area contributed by atoms with Crippen LogP contribution in [0.5, 0.6) is 5.75 Å².